The Morgan fingerprint density at radius 3 is 2.65 bits per heavy atom. The minimum absolute atomic E-state index is 0.0244. The molecule has 188 valence electrons. The zero-order valence-electron chi connectivity index (χ0n) is 21.4. The van der Waals surface area contributed by atoms with Crippen LogP contribution in [0.25, 0.3) is 10.9 Å². The highest BCUT2D eigenvalue weighted by Gasteiger charge is 2.35. The summed E-state index contributed by atoms with van der Waals surface area (Å²) in [7, 11) is 1.71. The van der Waals surface area contributed by atoms with Gasteiger partial charge >= 0.3 is 6.09 Å². The molecule has 8 nitrogen and oxygen atoms in total. The van der Waals surface area contributed by atoms with Gasteiger partial charge < -0.3 is 28.6 Å². The summed E-state index contributed by atoms with van der Waals surface area (Å²) in [5, 5.41) is 1.14. The molecule has 1 aromatic heterocycles. The Kier molecular flexibility index (Phi) is 8.60. The number of morpholine rings is 1. The van der Waals surface area contributed by atoms with Gasteiger partial charge in [-0.15, -0.1) is 0 Å². The molecule has 0 radical (unpaired) electrons. The summed E-state index contributed by atoms with van der Waals surface area (Å²) in [6.07, 6.45) is 1.93. The summed E-state index contributed by atoms with van der Waals surface area (Å²) < 4.78 is 18.8. The van der Waals surface area contributed by atoms with Crippen LogP contribution >= 0.6 is 0 Å². The number of aryl methyl sites for hydroxylation is 1. The molecule has 2 aromatic rings. The number of ether oxygens (including phenoxy) is 3. The lowest BCUT2D eigenvalue weighted by molar-refractivity contribution is -0.151. The van der Waals surface area contributed by atoms with E-state index < -0.39 is 17.8 Å². The lowest BCUT2D eigenvalue weighted by atomic mass is 10.1. The van der Waals surface area contributed by atoms with Crippen molar-refractivity contribution < 1.29 is 23.8 Å². The quantitative estimate of drug-likeness (QED) is 0.541. The molecule has 0 saturated carbocycles. The second-order valence-corrected chi connectivity index (χ2v) is 10.1. The number of para-hydroxylation sites is 1. The molecule has 2 heterocycles. The highest BCUT2D eigenvalue weighted by molar-refractivity contribution is 5.86. The van der Waals surface area contributed by atoms with E-state index in [2.05, 4.69) is 22.9 Å². The van der Waals surface area contributed by atoms with Crippen LogP contribution in [0.2, 0.25) is 0 Å². The van der Waals surface area contributed by atoms with Crippen LogP contribution in [-0.2, 0) is 32.1 Å². The number of nitrogens with zero attached hydrogens (tertiary/aromatic N) is 3. The summed E-state index contributed by atoms with van der Waals surface area (Å²) in [4.78, 5) is 29.5. The van der Waals surface area contributed by atoms with Crippen molar-refractivity contribution in [2.75, 3.05) is 33.4 Å². The first-order valence-electron chi connectivity index (χ1n) is 12.1. The lowest BCUT2D eigenvalue weighted by Crippen LogP contribution is -2.54. The van der Waals surface area contributed by atoms with E-state index in [1.807, 2.05) is 51.7 Å². The molecular weight excluding hydrogens is 434 g/mol. The summed E-state index contributed by atoms with van der Waals surface area (Å²) in [5.74, 6) is -0.112. The number of aromatic nitrogens is 1. The fourth-order valence-electron chi connectivity index (χ4n) is 4.19. The van der Waals surface area contributed by atoms with E-state index in [0.29, 0.717) is 26.3 Å². The van der Waals surface area contributed by atoms with Crippen molar-refractivity contribution in [2.45, 2.75) is 71.9 Å². The minimum atomic E-state index is -0.710. The zero-order valence-corrected chi connectivity index (χ0v) is 21.4. The number of carbonyl (C=O) groups is 2. The second-order valence-electron chi connectivity index (χ2n) is 10.1. The number of fused-ring (bicyclic) bond motifs is 1. The molecule has 34 heavy (non-hydrogen) atoms. The maximum Gasteiger partial charge on any atom is 0.410 e. The van der Waals surface area contributed by atoms with Gasteiger partial charge in [-0.3, -0.25) is 4.79 Å². The molecule has 0 bridgehead atoms. The SMILES string of the molecule is COCCCn1cc(CN(C(=O)[C@H]2CN(C(=O)OC(C)(C)C)CCO2)C(C)C)c2ccccc21. The van der Waals surface area contributed by atoms with Crippen molar-refractivity contribution in [3.63, 3.8) is 0 Å². The Balaban J connectivity index is 1.77. The second kappa shape index (κ2) is 11.2. The Morgan fingerprint density at radius 1 is 1.24 bits per heavy atom. The van der Waals surface area contributed by atoms with Gasteiger partial charge in [0.2, 0.25) is 0 Å². The van der Waals surface area contributed by atoms with Gasteiger partial charge in [-0.1, -0.05) is 18.2 Å². The molecule has 2 amide bonds. The van der Waals surface area contributed by atoms with Crippen LogP contribution in [0.15, 0.2) is 30.5 Å². The van der Waals surface area contributed by atoms with E-state index in [4.69, 9.17) is 14.2 Å². The summed E-state index contributed by atoms with van der Waals surface area (Å²) in [5.41, 5.74) is 1.65. The van der Waals surface area contributed by atoms with Crippen molar-refractivity contribution in [1.82, 2.24) is 14.4 Å². The number of rotatable bonds is 8. The maximum atomic E-state index is 13.6. The number of methoxy groups -OCH3 is 1. The third kappa shape index (κ3) is 6.51. The van der Waals surface area contributed by atoms with Gasteiger partial charge in [0.05, 0.1) is 13.2 Å². The van der Waals surface area contributed by atoms with E-state index in [1.54, 1.807) is 12.0 Å². The predicted octanol–water partition coefficient (Wildman–Crippen LogP) is 4.05. The molecule has 1 fully saturated rings. The van der Waals surface area contributed by atoms with Crippen molar-refractivity contribution in [1.29, 1.82) is 0 Å². The van der Waals surface area contributed by atoms with Gasteiger partial charge in [0.25, 0.3) is 5.91 Å². The standard InChI is InChI=1S/C26H39N3O5/c1-19(2)29(24(30)23-18-28(13-15-33-23)25(31)34-26(3,4)5)17-20-16-27(12-9-14-32-6)22-11-8-7-10-21(20)22/h7-8,10-11,16,19,23H,9,12-15,17-18H2,1-6H3/t23-/m1/s1. The number of hydrogen-bond donors (Lipinski definition) is 0. The lowest BCUT2D eigenvalue weighted by Gasteiger charge is -2.37. The first-order chi connectivity index (χ1) is 16.1. The first kappa shape index (κ1) is 26.0. The molecule has 1 aromatic carbocycles. The molecule has 1 atom stereocenters. The average Bonchev–Trinajstić information content (AvgIpc) is 3.13. The highest BCUT2D eigenvalue weighted by atomic mass is 16.6. The van der Waals surface area contributed by atoms with Crippen molar-refractivity contribution in [2.24, 2.45) is 0 Å². The highest BCUT2D eigenvalue weighted by Crippen LogP contribution is 2.25. The van der Waals surface area contributed by atoms with Crippen LogP contribution in [0.3, 0.4) is 0 Å². The monoisotopic (exact) mass is 473 g/mol. The average molecular weight is 474 g/mol. The van der Waals surface area contributed by atoms with Crippen molar-refractivity contribution >= 4 is 22.9 Å². The van der Waals surface area contributed by atoms with Gasteiger partial charge in [0.15, 0.2) is 6.10 Å². The molecular formula is C26H39N3O5. The third-order valence-electron chi connectivity index (χ3n) is 5.86. The largest absolute Gasteiger partial charge is 0.444 e. The van der Waals surface area contributed by atoms with Gasteiger partial charge in [0.1, 0.15) is 5.60 Å². The van der Waals surface area contributed by atoms with Crippen LogP contribution in [0.1, 0.15) is 46.6 Å². The molecule has 1 aliphatic heterocycles. The van der Waals surface area contributed by atoms with Gasteiger partial charge in [-0.25, -0.2) is 4.79 Å². The fourth-order valence-corrected chi connectivity index (χ4v) is 4.19. The van der Waals surface area contributed by atoms with E-state index in [9.17, 15) is 9.59 Å². The van der Waals surface area contributed by atoms with Crippen LogP contribution in [0.4, 0.5) is 4.79 Å². The smallest absolute Gasteiger partial charge is 0.410 e. The third-order valence-corrected chi connectivity index (χ3v) is 5.86. The van der Waals surface area contributed by atoms with E-state index in [-0.39, 0.29) is 18.5 Å². The predicted molar refractivity (Wildman–Crippen MR) is 132 cm³/mol. The van der Waals surface area contributed by atoms with E-state index >= 15 is 0 Å². The van der Waals surface area contributed by atoms with Gasteiger partial charge in [-0.2, -0.15) is 0 Å². The van der Waals surface area contributed by atoms with Crippen LogP contribution in [0.5, 0.6) is 0 Å². The number of amides is 2. The van der Waals surface area contributed by atoms with Crippen LogP contribution in [-0.4, -0.2) is 77.5 Å². The van der Waals surface area contributed by atoms with Crippen molar-refractivity contribution in [3.05, 3.63) is 36.0 Å². The molecule has 0 N–H and O–H groups in total. The van der Waals surface area contributed by atoms with Gasteiger partial charge in [-0.05, 0) is 52.7 Å². The van der Waals surface area contributed by atoms with E-state index in [1.165, 1.54) is 0 Å². The maximum absolute atomic E-state index is 13.6. The molecule has 8 heteroatoms. The van der Waals surface area contributed by atoms with Crippen LogP contribution < -0.4 is 0 Å². The summed E-state index contributed by atoms with van der Waals surface area (Å²) in [6, 6.07) is 8.24. The normalized spacial score (nSPS) is 16.8. The molecule has 0 aliphatic carbocycles. The molecule has 3 rings (SSSR count). The fraction of sp³-hybridized carbons (Fsp3) is 0.615. The Labute approximate surface area is 202 Å². The number of carbonyl (C=O) groups excluding carboxylic acids is 2. The Hall–Kier alpha value is -2.58. The molecule has 1 saturated heterocycles. The van der Waals surface area contributed by atoms with Crippen molar-refractivity contribution in [3.8, 4) is 0 Å². The van der Waals surface area contributed by atoms with Gasteiger partial charge in [0, 0.05) is 56.5 Å². The Morgan fingerprint density at radius 2 is 1.97 bits per heavy atom. The summed E-state index contributed by atoms with van der Waals surface area (Å²) >= 11 is 0. The molecule has 1 aliphatic rings. The zero-order chi connectivity index (χ0) is 24.9. The minimum Gasteiger partial charge on any atom is -0.444 e. The number of benzene rings is 1. The summed E-state index contributed by atoms with van der Waals surface area (Å²) in [6.45, 7) is 12.4. The Bertz CT molecular complexity index is 978. The first-order valence-corrected chi connectivity index (χ1v) is 12.1. The molecule has 0 unspecified atom stereocenters. The van der Waals surface area contributed by atoms with E-state index in [0.717, 1.165) is 29.4 Å². The number of hydrogen-bond acceptors (Lipinski definition) is 5. The van der Waals surface area contributed by atoms with Crippen LogP contribution in [0, 0.1) is 0 Å². The molecule has 0 spiro atoms. The topological polar surface area (TPSA) is 73.2 Å².